The van der Waals surface area contributed by atoms with Crippen LogP contribution in [0.4, 0.5) is 0 Å². The third-order valence-corrected chi connectivity index (χ3v) is 3.59. The van der Waals surface area contributed by atoms with Gasteiger partial charge in [-0.2, -0.15) is 0 Å². The second-order valence-electron chi connectivity index (χ2n) is 4.16. The van der Waals surface area contributed by atoms with E-state index in [4.69, 9.17) is 12.2 Å². The fourth-order valence-corrected chi connectivity index (χ4v) is 2.84. The summed E-state index contributed by atoms with van der Waals surface area (Å²) in [5, 5.41) is 1.36. The summed E-state index contributed by atoms with van der Waals surface area (Å²) in [6.07, 6.45) is 4.92. The molecule has 2 heteroatoms. The van der Waals surface area contributed by atoms with Gasteiger partial charge in [-0.25, -0.2) is 0 Å². The lowest BCUT2D eigenvalue weighted by Crippen LogP contribution is -2.05. The van der Waals surface area contributed by atoms with Gasteiger partial charge in [-0.15, -0.1) is 0 Å². The Morgan fingerprint density at radius 1 is 1.00 bits per heavy atom. The van der Waals surface area contributed by atoms with Crippen molar-refractivity contribution in [3.05, 3.63) is 40.0 Å². The summed E-state index contributed by atoms with van der Waals surface area (Å²) >= 11 is 5.41. The largest absolute Gasteiger partial charge is 0.346 e. The Morgan fingerprint density at radius 3 is 2.60 bits per heavy atom. The van der Waals surface area contributed by atoms with Crippen molar-refractivity contribution in [2.45, 2.75) is 25.7 Å². The van der Waals surface area contributed by atoms with Crippen molar-refractivity contribution < 1.29 is 0 Å². The molecule has 1 N–H and O–H groups in total. The molecule has 2 aromatic rings. The predicted octanol–water partition coefficient (Wildman–Crippen LogP) is 3.78. The molecule has 0 bridgehead atoms. The molecule has 0 amide bonds. The molecule has 1 aromatic carbocycles. The van der Waals surface area contributed by atoms with Crippen LogP contribution in [0.2, 0.25) is 0 Å². The van der Waals surface area contributed by atoms with Gasteiger partial charge >= 0.3 is 0 Å². The SMILES string of the molecule is S=c1[nH]c2ccccc2c2c1CCCC2. The maximum atomic E-state index is 5.41. The number of aromatic nitrogens is 1. The van der Waals surface area contributed by atoms with E-state index in [0.29, 0.717) is 0 Å². The van der Waals surface area contributed by atoms with Gasteiger partial charge in [0.1, 0.15) is 4.64 Å². The summed E-state index contributed by atoms with van der Waals surface area (Å²) in [5.74, 6) is 0. The van der Waals surface area contributed by atoms with Gasteiger partial charge in [0.05, 0.1) is 0 Å². The minimum atomic E-state index is 0.948. The third-order valence-electron chi connectivity index (χ3n) is 3.24. The lowest BCUT2D eigenvalue weighted by molar-refractivity contribution is 0.685. The first-order valence-electron chi connectivity index (χ1n) is 5.49. The Morgan fingerprint density at radius 2 is 1.73 bits per heavy atom. The zero-order valence-corrected chi connectivity index (χ0v) is 9.36. The summed E-state index contributed by atoms with van der Waals surface area (Å²) in [6.45, 7) is 0. The number of benzene rings is 1. The minimum absolute atomic E-state index is 0.948. The quantitative estimate of drug-likeness (QED) is 0.661. The predicted molar refractivity (Wildman–Crippen MR) is 65.8 cm³/mol. The molecule has 1 aromatic heterocycles. The summed E-state index contributed by atoms with van der Waals surface area (Å²) in [4.78, 5) is 3.33. The van der Waals surface area contributed by atoms with Crippen LogP contribution in [0.1, 0.15) is 24.0 Å². The Kier molecular flexibility index (Phi) is 2.10. The average molecular weight is 215 g/mol. The maximum Gasteiger partial charge on any atom is 0.107 e. The first-order chi connectivity index (χ1) is 7.36. The van der Waals surface area contributed by atoms with Crippen molar-refractivity contribution in [1.29, 1.82) is 0 Å². The number of para-hydroxylation sites is 1. The zero-order valence-electron chi connectivity index (χ0n) is 8.55. The highest BCUT2D eigenvalue weighted by Crippen LogP contribution is 2.28. The van der Waals surface area contributed by atoms with E-state index in [1.807, 2.05) is 0 Å². The molecule has 15 heavy (non-hydrogen) atoms. The first-order valence-corrected chi connectivity index (χ1v) is 5.90. The van der Waals surface area contributed by atoms with Crippen LogP contribution in [0.25, 0.3) is 10.9 Å². The van der Waals surface area contributed by atoms with E-state index < -0.39 is 0 Å². The van der Waals surface area contributed by atoms with Crippen LogP contribution < -0.4 is 0 Å². The summed E-state index contributed by atoms with van der Waals surface area (Å²) < 4.78 is 0.948. The number of H-pyrrole nitrogens is 1. The van der Waals surface area contributed by atoms with Gasteiger partial charge < -0.3 is 4.98 Å². The summed E-state index contributed by atoms with van der Waals surface area (Å²) in [6, 6.07) is 8.47. The average Bonchev–Trinajstić information content (AvgIpc) is 2.30. The zero-order chi connectivity index (χ0) is 10.3. The Balaban J connectivity index is 2.44. The number of rotatable bonds is 0. The number of nitrogens with one attached hydrogen (secondary N) is 1. The Labute approximate surface area is 94.1 Å². The minimum Gasteiger partial charge on any atom is -0.346 e. The molecular formula is C13H13NS. The van der Waals surface area contributed by atoms with Gasteiger partial charge in [-0.05, 0) is 42.9 Å². The molecule has 0 saturated carbocycles. The molecule has 76 valence electrons. The van der Waals surface area contributed by atoms with Crippen LogP contribution >= 0.6 is 12.2 Å². The van der Waals surface area contributed by atoms with E-state index >= 15 is 0 Å². The topological polar surface area (TPSA) is 15.8 Å². The lowest BCUT2D eigenvalue weighted by Gasteiger charge is -2.17. The molecule has 1 aliphatic carbocycles. The number of aromatic amines is 1. The van der Waals surface area contributed by atoms with Gasteiger partial charge in [-0.3, -0.25) is 0 Å². The molecule has 0 fully saturated rings. The highest BCUT2D eigenvalue weighted by Gasteiger charge is 2.13. The molecule has 0 unspecified atom stereocenters. The van der Waals surface area contributed by atoms with Gasteiger partial charge in [0, 0.05) is 10.9 Å². The van der Waals surface area contributed by atoms with Crippen LogP contribution in [0.3, 0.4) is 0 Å². The van der Waals surface area contributed by atoms with Crippen LogP contribution in [0.5, 0.6) is 0 Å². The first kappa shape index (κ1) is 9.10. The van der Waals surface area contributed by atoms with Crippen LogP contribution in [0, 0.1) is 4.64 Å². The van der Waals surface area contributed by atoms with Crippen molar-refractivity contribution in [1.82, 2.24) is 4.98 Å². The number of pyridine rings is 1. The standard InChI is InChI=1S/C13H13NS/c15-13-11-7-2-1-5-9(11)10-6-3-4-8-12(10)14-13/h3-4,6,8H,1-2,5,7H2,(H,14,15). The van der Waals surface area contributed by atoms with Crippen molar-refractivity contribution in [3.63, 3.8) is 0 Å². The molecule has 1 aliphatic rings. The Bertz CT molecular complexity index is 568. The van der Waals surface area contributed by atoms with Gasteiger partial charge in [-0.1, -0.05) is 30.4 Å². The van der Waals surface area contributed by atoms with Gasteiger partial charge in [0.2, 0.25) is 0 Å². The summed E-state index contributed by atoms with van der Waals surface area (Å²) in [5.41, 5.74) is 4.05. The molecule has 1 heterocycles. The van der Waals surface area contributed by atoms with E-state index in [1.165, 1.54) is 41.3 Å². The second kappa shape index (κ2) is 3.46. The van der Waals surface area contributed by atoms with E-state index in [-0.39, 0.29) is 0 Å². The summed E-state index contributed by atoms with van der Waals surface area (Å²) in [7, 11) is 0. The van der Waals surface area contributed by atoms with Gasteiger partial charge in [0.25, 0.3) is 0 Å². The molecule has 3 rings (SSSR count). The van der Waals surface area contributed by atoms with E-state index in [2.05, 4.69) is 29.2 Å². The molecule has 0 aliphatic heterocycles. The highest BCUT2D eigenvalue weighted by molar-refractivity contribution is 7.71. The number of hydrogen-bond donors (Lipinski definition) is 1. The van der Waals surface area contributed by atoms with E-state index in [1.54, 1.807) is 0 Å². The van der Waals surface area contributed by atoms with Crippen LogP contribution in [-0.2, 0) is 12.8 Å². The molecule has 0 saturated heterocycles. The molecular weight excluding hydrogens is 202 g/mol. The van der Waals surface area contributed by atoms with E-state index in [9.17, 15) is 0 Å². The van der Waals surface area contributed by atoms with Crippen LogP contribution in [0.15, 0.2) is 24.3 Å². The van der Waals surface area contributed by atoms with E-state index in [0.717, 1.165) is 11.1 Å². The molecule has 0 radical (unpaired) electrons. The fraction of sp³-hybridized carbons (Fsp3) is 0.308. The Hall–Kier alpha value is -1.15. The fourth-order valence-electron chi connectivity index (χ4n) is 2.51. The molecule has 1 nitrogen and oxygen atoms in total. The second-order valence-corrected chi connectivity index (χ2v) is 4.57. The molecule has 0 atom stereocenters. The normalized spacial score (nSPS) is 15.2. The van der Waals surface area contributed by atoms with Crippen molar-refractivity contribution in [2.75, 3.05) is 0 Å². The lowest BCUT2D eigenvalue weighted by atomic mass is 9.90. The number of aryl methyl sites for hydroxylation is 1. The monoisotopic (exact) mass is 215 g/mol. The third kappa shape index (κ3) is 1.40. The smallest absolute Gasteiger partial charge is 0.107 e. The van der Waals surface area contributed by atoms with Crippen molar-refractivity contribution in [2.24, 2.45) is 0 Å². The van der Waals surface area contributed by atoms with Gasteiger partial charge in [0.15, 0.2) is 0 Å². The van der Waals surface area contributed by atoms with Crippen molar-refractivity contribution in [3.8, 4) is 0 Å². The number of hydrogen-bond acceptors (Lipinski definition) is 1. The maximum absolute atomic E-state index is 5.41. The highest BCUT2D eigenvalue weighted by atomic mass is 32.1. The van der Waals surface area contributed by atoms with Crippen molar-refractivity contribution >= 4 is 23.1 Å². The van der Waals surface area contributed by atoms with Crippen LogP contribution in [-0.4, -0.2) is 4.98 Å². The number of fused-ring (bicyclic) bond motifs is 3. The molecule has 0 spiro atoms.